The standard InChI is InChI=1S/C16H16FNO2/c1-11-7-13(9-14(17)8-11)16(20)18-10-15(19)12-5-3-2-4-6-12/h2-9,15,19H,10H2,1H3,(H,18,20). The van der Waals surface area contributed by atoms with E-state index in [0.717, 1.165) is 5.56 Å². The Morgan fingerprint density at radius 3 is 2.60 bits per heavy atom. The van der Waals surface area contributed by atoms with Crippen LogP contribution >= 0.6 is 0 Å². The van der Waals surface area contributed by atoms with Gasteiger partial charge in [-0.25, -0.2) is 4.39 Å². The molecular weight excluding hydrogens is 257 g/mol. The van der Waals surface area contributed by atoms with Crippen LogP contribution in [-0.2, 0) is 0 Å². The van der Waals surface area contributed by atoms with Crippen LogP contribution in [0.15, 0.2) is 48.5 Å². The van der Waals surface area contributed by atoms with Gasteiger partial charge in [0.1, 0.15) is 5.82 Å². The fourth-order valence-electron chi connectivity index (χ4n) is 1.95. The van der Waals surface area contributed by atoms with Gasteiger partial charge in [-0.05, 0) is 36.2 Å². The maximum atomic E-state index is 13.2. The molecule has 1 unspecified atom stereocenters. The Hall–Kier alpha value is -2.20. The molecule has 0 aliphatic carbocycles. The summed E-state index contributed by atoms with van der Waals surface area (Å²) in [5.41, 5.74) is 1.66. The summed E-state index contributed by atoms with van der Waals surface area (Å²) < 4.78 is 13.2. The number of halogens is 1. The first-order chi connectivity index (χ1) is 9.56. The van der Waals surface area contributed by atoms with Crippen molar-refractivity contribution >= 4 is 5.91 Å². The maximum Gasteiger partial charge on any atom is 0.251 e. The second kappa shape index (κ2) is 6.30. The summed E-state index contributed by atoms with van der Waals surface area (Å²) in [4.78, 5) is 11.9. The van der Waals surface area contributed by atoms with Gasteiger partial charge in [0.25, 0.3) is 5.91 Å². The fraction of sp³-hybridized carbons (Fsp3) is 0.188. The highest BCUT2D eigenvalue weighted by Gasteiger charge is 2.11. The molecule has 2 aromatic carbocycles. The number of carbonyl (C=O) groups is 1. The van der Waals surface area contributed by atoms with Crippen LogP contribution in [0.3, 0.4) is 0 Å². The van der Waals surface area contributed by atoms with Crippen LogP contribution in [0, 0.1) is 12.7 Å². The van der Waals surface area contributed by atoms with E-state index in [4.69, 9.17) is 0 Å². The normalized spacial score (nSPS) is 11.9. The molecule has 0 fully saturated rings. The van der Waals surface area contributed by atoms with Crippen LogP contribution < -0.4 is 5.32 Å². The van der Waals surface area contributed by atoms with Crippen LogP contribution in [0.4, 0.5) is 4.39 Å². The molecule has 0 aromatic heterocycles. The zero-order valence-electron chi connectivity index (χ0n) is 11.1. The summed E-state index contributed by atoms with van der Waals surface area (Å²) in [7, 11) is 0. The van der Waals surface area contributed by atoms with E-state index in [0.29, 0.717) is 5.56 Å². The van der Waals surface area contributed by atoms with Crippen molar-refractivity contribution in [2.45, 2.75) is 13.0 Å². The largest absolute Gasteiger partial charge is 0.387 e. The van der Waals surface area contributed by atoms with Crippen molar-refractivity contribution in [2.75, 3.05) is 6.54 Å². The molecule has 0 aliphatic heterocycles. The molecule has 104 valence electrons. The molecule has 0 saturated heterocycles. The molecule has 2 N–H and O–H groups in total. The highest BCUT2D eigenvalue weighted by Crippen LogP contribution is 2.12. The number of carbonyl (C=O) groups excluding carboxylic acids is 1. The summed E-state index contributed by atoms with van der Waals surface area (Å²) >= 11 is 0. The minimum Gasteiger partial charge on any atom is -0.387 e. The van der Waals surface area contributed by atoms with E-state index in [-0.39, 0.29) is 12.1 Å². The van der Waals surface area contributed by atoms with Crippen LogP contribution in [0.2, 0.25) is 0 Å². The number of nitrogens with one attached hydrogen (secondary N) is 1. The molecule has 20 heavy (non-hydrogen) atoms. The zero-order chi connectivity index (χ0) is 14.5. The number of benzene rings is 2. The predicted octanol–water partition coefficient (Wildman–Crippen LogP) is 2.60. The Bertz CT molecular complexity index is 578. The van der Waals surface area contributed by atoms with Gasteiger partial charge in [-0.1, -0.05) is 30.3 Å². The minimum atomic E-state index is -0.783. The lowest BCUT2D eigenvalue weighted by Gasteiger charge is -2.12. The van der Waals surface area contributed by atoms with E-state index in [1.54, 1.807) is 25.1 Å². The van der Waals surface area contributed by atoms with E-state index in [1.165, 1.54) is 12.1 Å². The maximum absolute atomic E-state index is 13.2. The lowest BCUT2D eigenvalue weighted by atomic mass is 10.1. The Kier molecular flexibility index (Phi) is 4.48. The molecule has 0 radical (unpaired) electrons. The van der Waals surface area contributed by atoms with E-state index >= 15 is 0 Å². The van der Waals surface area contributed by atoms with Gasteiger partial charge in [0.2, 0.25) is 0 Å². The highest BCUT2D eigenvalue weighted by atomic mass is 19.1. The number of aliphatic hydroxyl groups excluding tert-OH is 1. The molecule has 1 amide bonds. The first kappa shape index (κ1) is 14.2. The van der Waals surface area contributed by atoms with E-state index in [2.05, 4.69) is 5.32 Å². The molecule has 1 atom stereocenters. The second-order valence-corrected chi connectivity index (χ2v) is 4.65. The molecule has 0 saturated carbocycles. The quantitative estimate of drug-likeness (QED) is 0.899. The molecule has 0 spiro atoms. The van der Waals surface area contributed by atoms with Crippen molar-refractivity contribution in [3.8, 4) is 0 Å². The molecule has 3 nitrogen and oxygen atoms in total. The molecule has 2 aromatic rings. The molecule has 2 rings (SSSR count). The average Bonchev–Trinajstić information content (AvgIpc) is 2.44. The Balaban J connectivity index is 1.98. The topological polar surface area (TPSA) is 49.3 Å². The first-order valence-electron chi connectivity index (χ1n) is 6.34. The SMILES string of the molecule is Cc1cc(F)cc(C(=O)NCC(O)c2ccccc2)c1. The third-order valence-corrected chi connectivity index (χ3v) is 2.94. The van der Waals surface area contributed by atoms with Gasteiger partial charge in [-0.3, -0.25) is 4.79 Å². The third kappa shape index (κ3) is 3.65. The second-order valence-electron chi connectivity index (χ2n) is 4.65. The number of hydrogen-bond acceptors (Lipinski definition) is 2. The summed E-state index contributed by atoms with van der Waals surface area (Å²) in [5.74, 6) is -0.846. The molecular formula is C16H16FNO2. The lowest BCUT2D eigenvalue weighted by molar-refractivity contribution is 0.0916. The van der Waals surface area contributed by atoms with E-state index in [9.17, 15) is 14.3 Å². The van der Waals surface area contributed by atoms with Crippen LogP contribution in [-0.4, -0.2) is 17.6 Å². The summed E-state index contributed by atoms with van der Waals surface area (Å²) in [6.45, 7) is 1.80. The van der Waals surface area contributed by atoms with Gasteiger partial charge < -0.3 is 10.4 Å². The number of amides is 1. The van der Waals surface area contributed by atoms with Crippen LogP contribution in [0.25, 0.3) is 0 Å². The van der Waals surface area contributed by atoms with Crippen molar-refractivity contribution < 1.29 is 14.3 Å². The van der Waals surface area contributed by atoms with Gasteiger partial charge in [0.05, 0.1) is 6.10 Å². The Labute approximate surface area is 117 Å². The first-order valence-corrected chi connectivity index (χ1v) is 6.34. The minimum absolute atomic E-state index is 0.0818. The Morgan fingerprint density at radius 2 is 1.95 bits per heavy atom. The Morgan fingerprint density at radius 1 is 1.25 bits per heavy atom. The van der Waals surface area contributed by atoms with Crippen molar-refractivity contribution in [1.29, 1.82) is 0 Å². The molecule has 0 heterocycles. The van der Waals surface area contributed by atoms with Gasteiger partial charge >= 0.3 is 0 Å². The molecule has 0 aliphatic rings. The number of aryl methyl sites for hydroxylation is 1. The smallest absolute Gasteiger partial charge is 0.251 e. The molecule has 0 bridgehead atoms. The number of aliphatic hydroxyl groups is 1. The van der Waals surface area contributed by atoms with Gasteiger partial charge in [-0.15, -0.1) is 0 Å². The van der Waals surface area contributed by atoms with E-state index in [1.807, 2.05) is 18.2 Å². The fourth-order valence-corrected chi connectivity index (χ4v) is 1.95. The summed E-state index contributed by atoms with van der Waals surface area (Å²) in [5, 5.41) is 12.5. The van der Waals surface area contributed by atoms with Crippen LogP contribution in [0.5, 0.6) is 0 Å². The van der Waals surface area contributed by atoms with E-state index < -0.39 is 17.8 Å². The van der Waals surface area contributed by atoms with Crippen molar-refractivity contribution in [3.05, 3.63) is 71.0 Å². The van der Waals surface area contributed by atoms with Crippen molar-refractivity contribution in [1.82, 2.24) is 5.32 Å². The molecule has 4 heteroatoms. The third-order valence-electron chi connectivity index (χ3n) is 2.94. The monoisotopic (exact) mass is 273 g/mol. The number of rotatable bonds is 4. The van der Waals surface area contributed by atoms with Crippen molar-refractivity contribution in [2.24, 2.45) is 0 Å². The van der Waals surface area contributed by atoms with Crippen molar-refractivity contribution in [3.63, 3.8) is 0 Å². The van der Waals surface area contributed by atoms with Crippen LogP contribution in [0.1, 0.15) is 27.6 Å². The average molecular weight is 273 g/mol. The van der Waals surface area contributed by atoms with Gasteiger partial charge in [-0.2, -0.15) is 0 Å². The predicted molar refractivity (Wildman–Crippen MR) is 74.9 cm³/mol. The van der Waals surface area contributed by atoms with Gasteiger partial charge in [0, 0.05) is 12.1 Å². The highest BCUT2D eigenvalue weighted by molar-refractivity contribution is 5.94. The zero-order valence-corrected chi connectivity index (χ0v) is 11.1. The lowest BCUT2D eigenvalue weighted by Crippen LogP contribution is -2.28. The van der Waals surface area contributed by atoms with Gasteiger partial charge in [0.15, 0.2) is 0 Å². The summed E-state index contributed by atoms with van der Waals surface area (Å²) in [6, 6.07) is 13.2. The number of hydrogen-bond donors (Lipinski definition) is 2. The summed E-state index contributed by atoms with van der Waals surface area (Å²) in [6.07, 6.45) is -0.783.